The van der Waals surface area contributed by atoms with Gasteiger partial charge in [0, 0.05) is 0 Å². The molecule has 1 saturated carbocycles. The van der Waals surface area contributed by atoms with Gasteiger partial charge < -0.3 is 10.4 Å². The molecule has 1 heterocycles. The Kier molecular flexibility index (Phi) is 4.26. The third-order valence-electron chi connectivity index (χ3n) is 4.75. The summed E-state index contributed by atoms with van der Waals surface area (Å²) in [6, 6.07) is 0. The molecule has 0 aromatic heterocycles. The third-order valence-corrected chi connectivity index (χ3v) is 4.75. The molecule has 0 atom stereocenters. The van der Waals surface area contributed by atoms with Gasteiger partial charge in [-0.05, 0) is 44.2 Å². The van der Waals surface area contributed by atoms with E-state index in [0.29, 0.717) is 0 Å². The van der Waals surface area contributed by atoms with E-state index in [0.717, 1.165) is 44.2 Å². The molecule has 2 rings (SSSR count). The molecular weight excluding hydrogens is 198 g/mol. The summed E-state index contributed by atoms with van der Waals surface area (Å²) in [4.78, 5) is 0. The Bertz CT molecular complexity index is 203. The number of aliphatic hydroxyl groups is 1. The van der Waals surface area contributed by atoms with Crippen molar-refractivity contribution in [2.75, 3.05) is 13.1 Å². The Balaban J connectivity index is 1.77. The maximum Gasteiger partial charge on any atom is 0.0674 e. The van der Waals surface area contributed by atoms with E-state index < -0.39 is 0 Å². The van der Waals surface area contributed by atoms with Gasteiger partial charge in [0.05, 0.1) is 5.60 Å². The van der Waals surface area contributed by atoms with Gasteiger partial charge >= 0.3 is 0 Å². The highest BCUT2D eigenvalue weighted by molar-refractivity contribution is 4.87. The van der Waals surface area contributed by atoms with E-state index in [1.54, 1.807) is 0 Å². The van der Waals surface area contributed by atoms with Crippen LogP contribution in [0.2, 0.25) is 0 Å². The van der Waals surface area contributed by atoms with E-state index in [-0.39, 0.29) is 5.60 Å². The normalized spacial score (nSPS) is 34.9. The van der Waals surface area contributed by atoms with Gasteiger partial charge in [0.2, 0.25) is 0 Å². The van der Waals surface area contributed by atoms with Crippen LogP contribution in [0, 0.1) is 11.8 Å². The van der Waals surface area contributed by atoms with Crippen molar-refractivity contribution < 1.29 is 5.11 Å². The SMILES string of the molecule is CCC1CCC(CC2(O)CCNCC2)CC1. The summed E-state index contributed by atoms with van der Waals surface area (Å²) >= 11 is 0. The van der Waals surface area contributed by atoms with Crippen molar-refractivity contribution in [3.05, 3.63) is 0 Å². The van der Waals surface area contributed by atoms with Crippen LogP contribution >= 0.6 is 0 Å². The molecular formula is C14H27NO. The van der Waals surface area contributed by atoms with Gasteiger partial charge in [0.1, 0.15) is 0 Å². The summed E-state index contributed by atoms with van der Waals surface area (Å²) < 4.78 is 0. The molecule has 0 unspecified atom stereocenters. The third kappa shape index (κ3) is 3.21. The standard InChI is InChI=1S/C14H27NO/c1-2-12-3-5-13(6-4-12)11-14(16)7-9-15-10-8-14/h12-13,15-16H,2-11H2,1H3. The lowest BCUT2D eigenvalue weighted by Crippen LogP contribution is -2.43. The Hall–Kier alpha value is -0.0800. The van der Waals surface area contributed by atoms with Crippen LogP contribution < -0.4 is 5.32 Å². The molecule has 2 fully saturated rings. The number of hydrogen-bond acceptors (Lipinski definition) is 2. The zero-order valence-electron chi connectivity index (χ0n) is 10.7. The second-order valence-corrected chi connectivity index (χ2v) is 5.97. The largest absolute Gasteiger partial charge is 0.390 e. The summed E-state index contributed by atoms with van der Waals surface area (Å²) in [5.41, 5.74) is -0.338. The quantitative estimate of drug-likeness (QED) is 0.774. The number of nitrogens with one attached hydrogen (secondary N) is 1. The zero-order valence-corrected chi connectivity index (χ0v) is 10.7. The van der Waals surface area contributed by atoms with Gasteiger partial charge in [-0.15, -0.1) is 0 Å². The van der Waals surface area contributed by atoms with Crippen LogP contribution in [0.25, 0.3) is 0 Å². The highest BCUT2D eigenvalue weighted by Gasteiger charge is 2.33. The summed E-state index contributed by atoms with van der Waals surface area (Å²) in [5.74, 6) is 1.77. The van der Waals surface area contributed by atoms with Crippen molar-refractivity contribution in [1.29, 1.82) is 0 Å². The fraction of sp³-hybridized carbons (Fsp3) is 1.00. The average molecular weight is 225 g/mol. The lowest BCUT2D eigenvalue weighted by Gasteiger charge is -2.38. The molecule has 0 radical (unpaired) electrons. The first-order chi connectivity index (χ1) is 7.72. The van der Waals surface area contributed by atoms with Gasteiger partial charge in [-0.2, -0.15) is 0 Å². The Morgan fingerprint density at radius 1 is 1.06 bits per heavy atom. The average Bonchev–Trinajstić information content (AvgIpc) is 2.30. The topological polar surface area (TPSA) is 32.3 Å². The van der Waals surface area contributed by atoms with E-state index in [1.165, 1.54) is 32.1 Å². The molecule has 2 N–H and O–H groups in total. The van der Waals surface area contributed by atoms with Crippen molar-refractivity contribution >= 4 is 0 Å². The Morgan fingerprint density at radius 3 is 2.19 bits per heavy atom. The van der Waals surface area contributed by atoms with E-state index in [4.69, 9.17) is 0 Å². The Morgan fingerprint density at radius 2 is 1.62 bits per heavy atom. The first-order valence-electron chi connectivity index (χ1n) is 7.15. The summed E-state index contributed by atoms with van der Waals surface area (Å²) in [5, 5.41) is 13.8. The lowest BCUT2D eigenvalue weighted by atomic mass is 9.74. The lowest BCUT2D eigenvalue weighted by molar-refractivity contribution is -0.0179. The summed E-state index contributed by atoms with van der Waals surface area (Å²) in [7, 11) is 0. The smallest absolute Gasteiger partial charge is 0.0674 e. The second kappa shape index (κ2) is 5.50. The van der Waals surface area contributed by atoms with Crippen LogP contribution in [0.3, 0.4) is 0 Å². The fourth-order valence-electron chi connectivity index (χ4n) is 3.48. The number of rotatable bonds is 3. The monoisotopic (exact) mass is 225 g/mol. The van der Waals surface area contributed by atoms with Crippen molar-refractivity contribution in [2.45, 2.75) is 63.9 Å². The molecule has 1 aliphatic heterocycles. The molecule has 0 aromatic carbocycles. The molecule has 1 saturated heterocycles. The predicted octanol–water partition coefficient (Wildman–Crippen LogP) is 2.71. The highest BCUT2D eigenvalue weighted by atomic mass is 16.3. The van der Waals surface area contributed by atoms with Gasteiger partial charge in [0.15, 0.2) is 0 Å². The van der Waals surface area contributed by atoms with Crippen molar-refractivity contribution in [1.82, 2.24) is 5.32 Å². The minimum Gasteiger partial charge on any atom is -0.390 e. The van der Waals surface area contributed by atoms with Crippen LogP contribution in [0.1, 0.15) is 58.3 Å². The van der Waals surface area contributed by atoms with E-state index in [1.807, 2.05) is 0 Å². The van der Waals surface area contributed by atoms with Crippen molar-refractivity contribution in [3.8, 4) is 0 Å². The first-order valence-corrected chi connectivity index (χ1v) is 7.15. The number of piperidine rings is 1. The van der Waals surface area contributed by atoms with Gasteiger partial charge in [0.25, 0.3) is 0 Å². The van der Waals surface area contributed by atoms with Crippen molar-refractivity contribution in [2.24, 2.45) is 11.8 Å². The van der Waals surface area contributed by atoms with E-state index in [9.17, 15) is 5.11 Å². The maximum absolute atomic E-state index is 10.5. The van der Waals surface area contributed by atoms with Crippen LogP contribution in [-0.2, 0) is 0 Å². The molecule has 2 heteroatoms. The minimum atomic E-state index is -0.338. The molecule has 16 heavy (non-hydrogen) atoms. The molecule has 2 nitrogen and oxygen atoms in total. The fourth-order valence-corrected chi connectivity index (χ4v) is 3.48. The molecule has 2 aliphatic rings. The zero-order chi connectivity index (χ0) is 11.4. The van der Waals surface area contributed by atoms with Gasteiger partial charge in [-0.3, -0.25) is 0 Å². The molecule has 94 valence electrons. The molecule has 1 aliphatic carbocycles. The van der Waals surface area contributed by atoms with Crippen LogP contribution in [-0.4, -0.2) is 23.8 Å². The molecule has 0 aromatic rings. The molecule has 0 bridgehead atoms. The van der Waals surface area contributed by atoms with Gasteiger partial charge in [-0.25, -0.2) is 0 Å². The number of hydrogen-bond donors (Lipinski definition) is 2. The van der Waals surface area contributed by atoms with Gasteiger partial charge in [-0.1, -0.05) is 39.0 Å². The van der Waals surface area contributed by atoms with Crippen LogP contribution in [0.5, 0.6) is 0 Å². The first kappa shape index (κ1) is 12.4. The molecule has 0 spiro atoms. The summed E-state index contributed by atoms with van der Waals surface area (Å²) in [6.07, 6.45) is 9.83. The van der Waals surface area contributed by atoms with E-state index >= 15 is 0 Å². The van der Waals surface area contributed by atoms with Crippen molar-refractivity contribution in [3.63, 3.8) is 0 Å². The molecule has 0 amide bonds. The minimum absolute atomic E-state index is 0.338. The Labute approximate surface area is 99.8 Å². The van der Waals surface area contributed by atoms with E-state index in [2.05, 4.69) is 12.2 Å². The van der Waals surface area contributed by atoms with Crippen LogP contribution in [0.4, 0.5) is 0 Å². The maximum atomic E-state index is 10.5. The highest BCUT2D eigenvalue weighted by Crippen LogP contribution is 2.37. The van der Waals surface area contributed by atoms with Crippen LogP contribution in [0.15, 0.2) is 0 Å². The summed E-state index contributed by atoms with van der Waals surface area (Å²) in [6.45, 7) is 4.31. The second-order valence-electron chi connectivity index (χ2n) is 5.97. The predicted molar refractivity (Wildman–Crippen MR) is 67.4 cm³/mol.